The maximum atomic E-state index is 13.2. The van der Waals surface area contributed by atoms with Gasteiger partial charge in [0.15, 0.2) is 0 Å². The second kappa shape index (κ2) is 5.12. The molecule has 5 rings (SSSR count). The minimum absolute atomic E-state index is 0.0959. The zero-order chi connectivity index (χ0) is 17.0. The third kappa shape index (κ3) is 2.04. The molecule has 0 saturated heterocycles. The van der Waals surface area contributed by atoms with Crippen molar-refractivity contribution in [3.63, 3.8) is 0 Å². The first-order chi connectivity index (χ1) is 12.2. The quantitative estimate of drug-likeness (QED) is 0.257. The van der Waals surface area contributed by atoms with Gasteiger partial charge < -0.3 is 0 Å². The predicted molar refractivity (Wildman–Crippen MR) is 102 cm³/mol. The number of hydrogen-bond donors (Lipinski definition) is 0. The summed E-state index contributed by atoms with van der Waals surface area (Å²) in [4.78, 5) is 11.1. The van der Waals surface area contributed by atoms with Crippen LogP contribution in [0.5, 0.6) is 0 Å². The average molecular weight is 324 g/mol. The summed E-state index contributed by atoms with van der Waals surface area (Å²) >= 11 is 0. The van der Waals surface area contributed by atoms with Crippen LogP contribution in [0, 0.1) is 0 Å². The average Bonchev–Trinajstić information content (AvgIpc) is 2.66. The number of rotatable bonds is 1. The molecule has 0 fully saturated rings. The molecule has 5 aromatic carbocycles. The molecular formula is C23H13FO. The van der Waals surface area contributed by atoms with Gasteiger partial charge in [-0.15, -0.1) is 0 Å². The van der Waals surface area contributed by atoms with Crippen LogP contribution >= 0.6 is 0 Å². The van der Waals surface area contributed by atoms with Gasteiger partial charge in [-0.2, -0.15) is 4.39 Å². The van der Waals surface area contributed by atoms with Crippen molar-refractivity contribution in [2.24, 2.45) is 0 Å². The lowest BCUT2D eigenvalue weighted by atomic mass is 9.94. The second-order valence-corrected chi connectivity index (χ2v) is 6.32. The van der Waals surface area contributed by atoms with Crippen molar-refractivity contribution in [2.75, 3.05) is 0 Å². The van der Waals surface area contributed by atoms with E-state index in [1.54, 1.807) is 12.1 Å². The first kappa shape index (κ1) is 14.1. The summed E-state index contributed by atoms with van der Waals surface area (Å²) in [5.74, 6) is 0. The molecule has 0 aromatic heterocycles. The van der Waals surface area contributed by atoms with Gasteiger partial charge in [0, 0.05) is 0 Å². The molecule has 0 saturated carbocycles. The van der Waals surface area contributed by atoms with E-state index in [-0.39, 0.29) is 5.56 Å². The van der Waals surface area contributed by atoms with Crippen LogP contribution in [0.1, 0.15) is 10.4 Å². The van der Waals surface area contributed by atoms with Crippen molar-refractivity contribution in [1.82, 2.24) is 0 Å². The predicted octanol–water partition coefficient (Wildman–Crippen LogP) is 6.41. The van der Waals surface area contributed by atoms with Crippen LogP contribution in [0.2, 0.25) is 0 Å². The molecule has 0 amide bonds. The summed E-state index contributed by atoms with van der Waals surface area (Å²) in [7, 11) is 0. The normalized spacial score (nSPS) is 11.6. The van der Waals surface area contributed by atoms with E-state index in [4.69, 9.17) is 0 Å². The molecule has 0 spiro atoms. The fourth-order valence-electron chi connectivity index (χ4n) is 3.76. The van der Waals surface area contributed by atoms with Gasteiger partial charge in [0.05, 0.1) is 5.56 Å². The highest BCUT2D eigenvalue weighted by atomic mass is 19.1. The van der Waals surface area contributed by atoms with Crippen LogP contribution in [0.25, 0.3) is 43.1 Å². The third-order valence-corrected chi connectivity index (χ3v) is 4.97. The van der Waals surface area contributed by atoms with E-state index in [1.807, 2.05) is 18.2 Å². The molecule has 0 radical (unpaired) electrons. The highest BCUT2D eigenvalue weighted by Crippen LogP contribution is 2.34. The van der Waals surface area contributed by atoms with Crippen LogP contribution in [-0.4, -0.2) is 6.04 Å². The van der Waals surface area contributed by atoms with Crippen LogP contribution < -0.4 is 0 Å². The largest absolute Gasteiger partial charge is 0.332 e. The highest BCUT2D eigenvalue weighted by molar-refractivity contribution is 6.22. The van der Waals surface area contributed by atoms with Gasteiger partial charge in [0.1, 0.15) is 0 Å². The first-order valence-electron chi connectivity index (χ1n) is 8.19. The zero-order valence-corrected chi connectivity index (χ0v) is 13.3. The molecule has 2 heteroatoms. The molecule has 5 aromatic rings. The van der Waals surface area contributed by atoms with E-state index in [9.17, 15) is 9.18 Å². The molecular weight excluding hydrogens is 311 g/mol. The molecule has 0 unspecified atom stereocenters. The summed E-state index contributed by atoms with van der Waals surface area (Å²) in [6, 6.07) is 24.5. The van der Waals surface area contributed by atoms with E-state index >= 15 is 0 Å². The number of hydrogen-bond acceptors (Lipinski definition) is 1. The number of benzene rings is 5. The van der Waals surface area contributed by atoms with Crippen molar-refractivity contribution in [1.29, 1.82) is 0 Å². The monoisotopic (exact) mass is 324 g/mol. The van der Waals surface area contributed by atoms with Crippen molar-refractivity contribution < 1.29 is 9.18 Å². The summed E-state index contributed by atoms with van der Waals surface area (Å²) in [5, 5.41) is 8.82. The maximum Gasteiger partial charge on any atom is 0.332 e. The summed E-state index contributed by atoms with van der Waals surface area (Å²) in [5.41, 5.74) is 0.0959. The molecule has 0 heterocycles. The number of fused-ring (bicyclic) bond motifs is 7. The third-order valence-electron chi connectivity index (χ3n) is 4.97. The minimum Gasteiger partial charge on any atom is -0.255 e. The molecule has 25 heavy (non-hydrogen) atoms. The Labute approximate surface area is 143 Å². The maximum absolute atomic E-state index is 13.2. The Hall–Kier alpha value is -3.26. The standard InChI is InChI=1S/C23H13FO/c24-23(25)16-6-5-15-8-10-20-19-9-7-14-3-1-2-4-17(14)18(19)11-12-21(20)22(15)13-16/h1-13H. The van der Waals surface area contributed by atoms with Crippen LogP contribution in [0.4, 0.5) is 4.39 Å². The van der Waals surface area contributed by atoms with E-state index in [2.05, 4.69) is 42.5 Å². The molecule has 1 nitrogen and oxygen atoms in total. The van der Waals surface area contributed by atoms with Gasteiger partial charge in [-0.3, -0.25) is 4.79 Å². The number of halogens is 1. The van der Waals surface area contributed by atoms with Crippen molar-refractivity contribution in [3.8, 4) is 0 Å². The molecule has 0 aliphatic heterocycles. The lowest BCUT2D eigenvalue weighted by Gasteiger charge is -2.10. The SMILES string of the molecule is O=C(F)c1ccc2ccc3c(ccc4c5ccccc5ccc43)c2c1. The highest BCUT2D eigenvalue weighted by Gasteiger charge is 2.09. The summed E-state index contributed by atoms with van der Waals surface area (Å²) < 4.78 is 13.2. The minimum atomic E-state index is -1.40. The Balaban J connectivity index is 1.96. The Morgan fingerprint density at radius 1 is 0.560 bits per heavy atom. The van der Waals surface area contributed by atoms with Crippen molar-refractivity contribution >= 4 is 49.1 Å². The smallest absolute Gasteiger partial charge is 0.255 e. The Bertz CT molecular complexity index is 1320. The molecule has 0 aliphatic rings. The second-order valence-electron chi connectivity index (χ2n) is 6.32. The molecule has 118 valence electrons. The lowest BCUT2D eigenvalue weighted by molar-refractivity contribution is 0.0836. The first-order valence-corrected chi connectivity index (χ1v) is 8.19. The van der Waals surface area contributed by atoms with Gasteiger partial charge >= 0.3 is 6.04 Å². The van der Waals surface area contributed by atoms with Crippen LogP contribution in [0.3, 0.4) is 0 Å². The number of carbonyl (C=O) groups excluding carboxylic acids is 1. The number of carbonyl (C=O) groups is 1. The lowest BCUT2D eigenvalue weighted by Crippen LogP contribution is -1.90. The summed E-state index contributed by atoms with van der Waals surface area (Å²) in [6.45, 7) is 0. The van der Waals surface area contributed by atoms with E-state index in [0.29, 0.717) is 0 Å². The van der Waals surface area contributed by atoms with E-state index < -0.39 is 6.04 Å². The fraction of sp³-hybridized carbons (Fsp3) is 0. The van der Waals surface area contributed by atoms with Gasteiger partial charge in [-0.05, 0) is 55.2 Å². The van der Waals surface area contributed by atoms with E-state index in [1.165, 1.54) is 22.2 Å². The van der Waals surface area contributed by atoms with Gasteiger partial charge in [0.25, 0.3) is 0 Å². The molecule has 0 aliphatic carbocycles. The fourth-order valence-corrected chi connectivity index (χ4v) is 3.76. The van der Waals surface area contributed by atoms with Crippen LogP contribution in [0.15, 0.2) is 78.9 Å². The Morgan fingerprint density at radius 3 is 1.80 bits per heavy atom. The van der Waals surface area contributed by atoms with E-state index in [0.717, 1.165) is 26.9 Å². The van der Waals surface area contributed by atoms with Crippen molar-refractivity contribution in [3.05, 3.63) is 84.4 Å². The molecule has 0 bridgehead atoms. The molecule has 0 atom stereocenters. The Kier molecular flexibility index (Phi) is 2.89. The topological polar surface area (TPSA) is 17.1 Å². The zero-order valence-electron chi connectivity index (χ0n) is 13.3. The van der Waals surface area contributed by atoms with Crippen molar-refractivity contribution in [2.45, 2.75) is 0 Å². The van der Waals surface area contributed by atoms with Gasteiger partial charge in [0.2, 0.25) is 0 Å². The van der Waals surface area contributed by atoms with Gasteiger partial charge in [-0.25, -0.2) is 0 Å². The van der Waals surface area contributed by atoms with Gasteiger partial charge in [-0.1, -0.05) is 66.7 Å². The molecule has 0 N–H and O–H groups in total. The summed E-state index contributed by atoms with van der Waals surface area (Å²) in [6.07, 6.45) is 0. The van der Waals surface area contributed by atoms with Crippen LogP contribution in [-0.2, 0) is 0 Å². The Morgan fingerprint density at radius 2 is 1.08 bits per heavy atom.